The van der Waals surface area contributed by atoms with Crippen LogP contribution in [0.3, 0.4) is 0 Å². The smallest absolute Gasteiger partial charge is 0.190 e. The number of fused-ring (bicyclic) bond motifs is 1. The highest BCUT2D eigenvalue weighted by molar-refractivity contribution is 7.16. The molecule has 0 amide bonds. The maximum atomic E-state index is 6.52. The SMILES string of the molecule is CCCN(c1ccc2c(ccn2C)c1)c1nc(-c2ccc(OC)cc2Cl)c(C)s1. The summed E-state index contributed by atoms with van der Waals surface area (Å²) in [5.41, 5.74) is 4.25. The summed E-state index contributed by atoms with van der Waals surface area (Å²) in [4.78, 5) is 8.43. The van der Waals surface area contributed by atoms with Crippen molar-refractivity contribution in [3.63, 3.8) is 0 Å². The van der Waals surface area contributed by atoms with Crippen LogP contribution >= 0.6 is 22.9 Å². The second-order valence-electron chi connectivity index (χ2n) is 7.07. The average molecular weight is 426 g/mol. The summed E-state index contributed by atoms with van der Waals surface area (Å²) in [6.45, 7) is 5.19. The lowest BCUT2D eigenvalue weighted by atomic mass is 10.1. The largest absolute Gasteiger partial charge is 0.497 e. The third-order valence-electron chi connectivity index (χ3n) is 5.08. The summed E-state index contributed by atoms with van der Waals surface area (Å²) in [5, 5.41) is 2.87. The Morgan fingerprint density at radius 1 is 1.17 bits per heavy atom. The molecule has 2 aromatic carbocycles. The molecule has 0 saturated carbocycles. The molecule has 0 bridgehead atoms. The minimum Gasteiger partial charge on any atom is -0.497 e. The van der Waals surface area contributed by atoms with Gasteiger partial charge in [-0.3, -0.25) is 0 Å². The Balaban J connectivity index is 1.75. The number of nitrogens with zero attached hydrogens (tertiary/aromatic N) is 3. The van der Waals surface area contributed by atoms with Gasteiger partial charge >= 0.3 is 0 Å². The summed E-state index contributed by atoms with van der Waals surface area (Å²) in [6.07, 6.45) is 3.13. The van der Waals surface area contributed by atoms with Gasteiger partial charge in [-0.2, -0.15) is 0 Å². The molecule has 4 rings (SSSR count). The van der Waals surface area contributed by atoms with Gasteiger partial charge in [-0.05, 0) is 55.8 Å². The highest BCUT2D eigenvalue weighted by Gasteiger charge is 2.19. The molecule has 29 heavy (non-hydrogen) atoms. The zero-order chi connectivity index (χ0) is 20.5. The van der Waals surface area contributed by atoms with Crippen molar-refractivity contribution in [1.29, 1.82) is 0 Å². The summed E-state index contributed by atoms with van der Waals surface area (Å²) < 4.78 is 7.41. The van der Waals surface area contributed by atoms with Crippen LogP contribution in [0.4, 0.5) is 10.8 Å². The van der Waals surface area contributed by atoms with Crippen LogP contribution in [0.25, 0.3) is 22.2 Å². The minimum atomic E-state index is 0.650. The lowest BCUT2D eigenvalue weighted by Crippen LogP contribution is -2.17. The Labute approximate surface area is 180 Å². The molecule has 0 fully saturated rings. The third-order valence-corrected chi connectivity index (χ3v) is 6.38. The zero-order valence-electron chi connectivity index (χ0n) is 17.1. The summed E-state index contributed by atoms with van der Waals surface area (Å²) in [7, 11) is 3.71. The first-order valence-electron chi connectivity index (χ1n) is 9.65. The molecule has 0 N–H and O–H groups in total. The molecule has 4 aromatic rings. The van der Waals surface area contributed by atoms with Crippen LogP contribution < -0.4 is 9.64 Å². The number of halogens is 1. The zero-order valence-corrected chi connectivity index (χ0v) is 18.6. The predicted molar refractivity (Wildman–Crippen MR) is 124 cm³/mol. The van der Waals surface area contributed by atoms with Crippen molar-refractivity contribution < 1.29 is 4.74 Å². The fourth-order valence-corrected chi connectivity index (χ4v) is 4.79. The molecule has 150 valence electrons. The van der Waals surface area contributed by atoms with Crippen LogP contribution in [-0.2, 0) is 7.05 Å². The molecule has 2 heterocycles. The Kier molecular flexibility index (Phi) is 5.52. The van der Waals surface area contributed by atoms with E-state index in [1.807, 2.05) is 18.2 Å². The number of hydrogen-bond donors (Lipinski definition) is 0. The molecule has 4 nitrogen and oxygen atoms in total. The molecule has 0 aliphatic rings. The molecule has 0 unspecified atom stereocenters. The van der Waals surface area contributed by atoms with E-state index in [9.17, 15) is 0 Å². The molecule has 6 heteroatoms. The summed E-state index contributed by atoms with van der Waals surface area (Å²) >= 11 is 8.22. The predicted octanol–water partition coefficient (Wildman–Crippen LogP) is 6.82. The van der Waals surface area contributed by atoms with Gasteiger partial charge in [0.05, 0.1) is 17.8 Å². The maximum absolute atomic E-state index is 6.52. The van der Waals surface area contributed by atoms with Crippen LogP contribution in [0.1, 0.15) is 18.2 Å². The van der Waals surface area contributed by atoms with Gasteiger partial charge in [0, 0.05) is 46.8 Å². The van der Waals surface area contributed by atoms with Crippen molar-refractivity contribution in [2.45, 2.75) is 20.3 Å². The van der Waals surface area contributed by atoms with Gasteiger partial charge in [-0.25, -0.2) is 4.98 Å². The fraction of sp³-hybridized carbons (Fsp3) is 0.261. The van der Waals surface area contributed by atoms with E-state index in [-0.39, 0.29) is 0 Å². The Hall–Kier alpha value is -2.50. The van der Waals surface area contributed by atoms with Crippen LogP contribution in [0.15, 0.2) is 48.7 Å². The first-order chi connectivity index (χ1) is 14.0. The number of anilines is 2. The van der Waals surface area contributed by atoms with E-state index in [2.05, 4.69) is 60.8 Å². The third kappa shape index (κ3) is 3.72. The monoisotopic (exact) mass is 425 g/mol. The minimum absolute atomic E-state index is 0.650. The molecule has 0 saturated heterocycles. The van der Waals surface area contributed by atoms with E-state index in [1.165, 1.54) is 10.9 Å². The molecular weight excluding hydrogens is 402 g/mol. The van der Waals surface area contributed by atoms with E-state index < -0.39 is 0 Å². The highest BCUT2D eigenvalue weighted by atomic mass is 35.5. The maximum Gasteiger partial charge on any atom is 0.190 e. The van der Waals surface area contributed by atoms with Gasteiger partial charge < -0.3 is 14.2 Å². The first kappa shape index (κ1) is 19.8. The number of aromatic nitrogens is 2. The lowest BCUT2D eigenvalue weighted by Gasteiger charge is -2.21. The quantitative estimate of drug-likeness (QED) is 0.339. The Bertz CT molecular complexity index is 1160. The van der Waals surface area contributed by atoms with Crippen LogP contribution in [0.5, 0.6) is 5.75 Å². The number of aryl methyl sites for hydroxylation is 2. The van der Waals surface area contributed by atoms with Gasteiger partial charge in [0.15, 0.2) is 5.13 Å². The van der Waals surface area contributed by atoms with Crippen LogP contribution in [0, 0.1) is 6.92 Å². The van der Waals surface area contributed by atoms with Crippen molar-refractivity contribution in [2.75, 3.05) is 18.6 Å². The van der Waals surface area contributed by atoms with E-state index in [4.69, 9.17) is 21.3 Å². The Morgan fingerprint density at radius 2 is 2.00 bits per heavy atom. The van der Waals surface area contributed by atoms with E-state index in [1.54, 1.807) is 18.4 Å². The topological polar surface area (TPSA) is 30.3 Å². The number of methoxy groups -OCH3 is 1. The van der Waals surface area contributed by atoms with Gasteiger partial charge in [0.1, 0.15) is 5.75 Å². The summed E-state index contributed by atoms with van der Waals surface area (Å²) in [6, 6.07) is 14.5. The molecule has 2 aromatic heterocycles. The van der Waals surface area contributed by atoms with Crippen molar-refractivity contribution in [1.82, 2.24) is 9.55 Å². The second kappa shape index (κ2) is 8.09. The van der Waals surface area contributed by atoms with Gasteiger partial charge in [-0.1, -0.05) is 18.5 Å². The van der Waals surface area contributed by atoms with E-state index >= 15 is 0 Å². The van der Waals surface area contributed by atoms with Crippen molar-refractivity contribution in [3.05, 3.63) is 58.6 Å². The van der Waals surface area contributed by atoms with E-state index in [0.29, 0.717) is 5.02 Å². The van der Waals surface area contributed by atoms with Crippen molar-refractivity contribution in [3.8, 4) is 17.0 Å². The lowest BCUT2D eigenvalue weighted by molar-refractivity contribution is 0.415. The van der Waals surface area contributed by atoms with Crippen molar-refractivity contribution in [2.24, 2.45) is 7.05 Å². The molecular formula is C23H24ClN3OS. The number of benzene rings is 2. The number of rotatable bonds is 6. The fourth-order valence-electron chi connectivity index (χ4n) is 3.56. The normalized spacial score (nSPS) is 11.2. The van der Waals surface area contributed by atoms with Crippen molar-refractivity contribution >= 4 is 44.7 Å². The first-order valence-corrected chi connectivity index (χ1v) is 10.8. The van der Waals surface area contributed by atoms with Gasteiger partial charge in [0.25, 0.3) is 0 Å². The number of hydrogen-bond acceptors (Lipinski definition) is 4. The van der Waals surface area contributed by atoms with Crippen LogP contribution in [0.2, 0.25) is 5.02 Å². The van der Waals surface area contributed by atoms with Crippen LogP contribution in [-0.4, -0.2) is 23.2 Å². The second-order valence-corrected chi connectivity index (χ2v) is 8.66. The van der Waals surface area contributed by atoms with E-state index in [0.717, 1.165) is 45.7 Å². The molecule has 0 atom stereocenters. The highest BCUT2D eigenvalue weighted by Crippen LogP contribution is 2.39. The molecule has 0 spiro atoms. The number of ether oxygens (including phenoxy) is 1. The Morgan fingerprint density at radius 3 is 2.72 bits per heavy atom. The molecule has 0 aliphatic carbocycles. The average Bonchev–Trinajstić information content (AvgIpc) is 3.28. The van der Waals surface area contributed by atoms with Gasteiger partial charge in [-0.15, -0.1) is 11.3 Å². The molecule has 0 radical (unpaired) electrons. The standard InChI is InChI=1S/C23H24ClN3OS/c1-5-11-27(17-6-9-21-16(13-17)10-12-26(21)3)23-25-22(15(2)29-23)19-8-7-18(28-4)14-20(19)24/h6-10,12-14H,5,11H2,1-4H3. The number of thiazole rings is 1. The van der Waals surface area contributed by atoms with Gasteiger partial charge in [0.2, 0.25) is 0 Å². The summed E-state index contributed by atoms with van der Waals surface area (Å²) in [5.74, 6) is 0.746. The molecule has 0 aliphatic heterocycles.